The first-order valence-corrected chi connectivity index (χ1v) is 5.18. The predicted octanol–water partition coefficient (Wildman–Crippen LogP) is 1.96. The first-order valence-electron chi connectivity index (χ1n) is 4.80. The molecule has 1 aromatic heterocycles. The number of aromatic nitrogens is 2. The standard InChI is InChI=1S/C11H9ClN4O/c12-8-2-1-3-9(13)10(8)16-11(17)7-4-5-14-15-6-7/h1-6H,13H2,(H,16,17). The fourth-order valence-corrected chi connectivity index (χ4v) is 1.51. The second-order valence-corrected chi connectivity index (χ2v) is 3.70. The van der Waals surface area contributed by atoms with Crippen molar-refractivity contribution in [2.45, 2.75) is 0 Å². The van der Waals surface area contributed by atoms with Crippen LogP contribution in [0.3, 0.4) is 0 Å². The summed E-state index contributed by atoms with van der Waals surface area (Å²) in [4.78, 5) is 11.8. The van der Waals surface area contributed by atoms with Gasteiger partial charge in [0, 0.05) is 0 Å². The molecule has 0 saturated heterocycles. The largest absolute Gasteiger partial charge is 0.397 e. The first-order chi connectivity index (χ1) is 8.18. The number of anilines is 2. The lowest BCUT2D eigenvalue weighted by molar-refractivity contribution is 0.102. The van der Waals surface area contributed by atoms with E-state index in [9.17, 15) is 4.79 Å². The van der Waals surface area contributed by atoms with Gasteiger partial charge in [-0.2, -0.15) is 10.2 Å². The lowest BCUT2D eigenvalue weighted by Gasteiger charge is -2.09. The van der Waals surface area contributed by atoms with Crippen LogP contribution in [0.25, 0.3) is 0 Å². The molecule has 2 aromatic rings. The van der Waals surface area contributed by atoms with E-state index in [1.165, 1.54) is 12.4 Å². The Morgan fingerprint density at radius 1 is 1.29 bits per heavy atom. The topological polar surface area (TPSA) is 80.9 Å². The first kappa shape index (κ1) is 11.3. The van der Waals surface area contributed by atoms with Crippen molar-refractivity contribution in [3.8, 4) is 0 Å². The number of para-hydroxylation sites is 1. The minimum absolute atomic E-state index is 0.334. The van der Waals surface area contributed by atoms with Gasteiger partial charge >= 0.3 is 0 Å². The summed E-state index contributed by atoms with van der Waals surface area (Å²) < 4.78 is 0. The molecule has 0 spiro atoms. The maximum Gasteiger partial charge on any atom is 0.257 e. The summed E-state index contributed by atoms with van der Waals surface area (Å²) in [7, 11) is 0. The Hall–Kier alpha value is -2.14. The maximum atomic E-state index is 11.8. The van der Waals surface area contributed by atoms with Gasteiger partial charge in [-0.3, -0.25) is 4.79 Å². The highest BCUT2D eigenvalue weighted by Crippen LogP contribution is 2.28. The van der Waals surface area contributed by atoms with Gasteiger partial charge in [0.05, 0.1) is 34.4 Å². The molecular formula is C11H9ClN4O. The predicted molar refractivity (Wildman–Crippen MR) is 65.8 cm³/mol. The molecule has 86 valence electrons. The molecule has 2 rings (SSSR count). The van der Waals surface area contributed by atoms with Gasteiger partial charge in [0.15, 0.2) is 0 Å². The summed E-state index contributed by atoms with van der Waals surface area (Å²) in [5.41, 5.74) is 6.92. The van der Waals surface area contributed by atoms with Crippen LogP contribution in [0, 0.1) is 0 Å². The Labute approximate surface area is 103 Å². The number of rotatable bonds is 2. The van der Waals surface area contributed by atoms with Crippen LogP contribution in [-0.2, 0) is 0 Å². The number of carbonyl (C=O) groups is 1. The fraction of sp³-hybridized carbons (Fsp3) is 0. The number of amides is 1. The van der Waals surface area contributed by atoms with Gasteiger partial charge in [-0.05, 0) is 18.2 Å². The molecule has 1 heterocycles. The molecule has 0 atom stereocenters. The van der Waals surface area contributed by atoms with Crippen LogP contribution >= 0.6 is 11.6 Å². The molecule has 0 bridgehead atoms. The van der Waals surface area contributed by atoms with Gasteiger partial charge in [0.25, 0.3) is 5.91 Å². The molecule has 0 fully saturated rings. The number of hydrogen-bond acceptors (Lipinski definition) is 4. The number of nitrogens with zero attached hydrogens (tertiary/aromatic N) is 2. The van der Waals surface area contributed by atoms with Gasteiger partial charge in [0.2, 0.25) is 0 Å². The van der Waals surface area contributed by atoms with Gasteiger partial charge in [-0.1, -0.05) is 17.7 Å². The zero-order valence-corrected chi connectivity index (χ0v) is 9.48. The summed E-state index contributed by atoms with van der Waals surface area (Å²) in [6.07, 6.45) is 2.80. The number of benzene rings is 1. The number of hydrogen-bond donors (Lipinski definition) is 2. The van der Waals surface area contributed by atoms with Crippen molar-refractivity contribution < 1.29 is 4.79 Å². The third kappa shape index (κ3) is 2.51. The number of halogens is 1. The summed E-state index contributed by atoms with van der Waals surface area (Å²) in [5, 5.41) is 10.2. The highest BCUT2D eigenvalue weighted by atomic mass is 35.5. The molecule has 0 saturated carbocycles. The zero-order valence-electron chi connectivity index (χ0n) is 8.72. The Bertz CT molecular complexity index is 524. The average Bonchev–Trinajstić information content (AvgIpc) is 2.35. The Morgan fingerprint density at radius 2 is 2.12 bits per heavy atom. The molecule has 0 aliphatic heterocycles. The quantitative estimate of drug-likeness (QED) is 0.796. The molecule has 6 heteroatoms. The normalized spacial score (nSPS) is 9.94. The molecule has 3 N–H and O–H groups in total. The number of nitrogens with one attached hydrogen (secondary N) is 1. The number of carbonyl (C=O) groups excluding carboxylic acids is 1. The third-order valence-corrected chi connectivity index (χ3v) is 2.45. The van der Waals surface area contributed by atoms with Crippen LogP contribution in [0.5, 0.6) is 0 Å². The Morgan fingerprint density at radius 3 is 2.76 bits per heavy atom. The maximum absolute atomic E-state index is 11.8. The Balaban J connectivity index is 2.25. The Kier molecular flexibility index (Phi) is 3.20. The molecule has 0 unspecified atom stereocenters. The molecule has 1 aromatic carbocycles. The highest BCUT2D eigenvalue weighted by molar-refractivity contribution is 6.34. The van der Waals surface area contributed by atoms with E-state index in [2.05, 4.69) is 15.5 Å². The van der Waals surface area contributed by atoms with Crippen molar-refractivity contribution in [3.63, 3.8) is 0 Å². The van der Waals surface area contributed by atoms with Crippen LogP contribution in [0.4, 0.5) is 11.4 Å². The fourth-order valence-electron chi connectivity index (χ4n) is 1.28. The van der Waals surface area contributed by atoms with Crippen LogP contribution in [0.15, 0.2) is 36.7 Å². The summed E-state index contributed by atoms with van der Waals surface area (Å²) in [5.74, 6) is -0.334. The number of nitrogen functional groups attached to an aromatic ring is 1. The van der Waals surface area contributed by atoms with Gasteiger partial charge in [0.1, 0.15) is 0 Å². The van der Waals surface area contributed by atoms with Gasteiger partial charge in [-0.25, -0.2) is 0 Å². The van der Waals surface area contributed by atoms with E-state index in [-0.39, 0.29) is 5.91 Å². The van der Waals surface area contributed by atoms with E-state index in [0.717, 1.165) is 0 Å². The van der Waals surface area contributed by atoms with E-state index in [1.54, 1.807) is 24.3 Å². The van der Waals surface area contributed by atoms with Crippen LogP contribution in [0.2, 0.25) is 5.02 Å². The molecular weight excluding hydrogens is 240 g/mol. The van der Waals surface area contributed by atoms with E-state index >= 15 is 0 Å². The summed E-state index contributed by atoms with van der Waals surface area (Å²) >= 11 is 5.94. The number of nitrogens with two attached hydrogens (primary N) is 1. The van der Waals surface area contributed by atoms with E-state index in [1.807, 2.05) is 0 Å². The van der Waals surface area contributed by atoms with Crippen molar-refractivity contribution in [2.24, 2.45) is 0 Å². The summed E-state index contributed by atoms with van der Waals surface area (Å²) in [6.45, 7) is 0. The molecule has 0 aliphatic carbocycles. The SMILES string of the molecule is Nc1cccc(Cl)c1NC(=O)c1ccnnc1. The van der Waals surface area contributed by atoms with E-state index < -0.39 is 0 Å². The third-order valence-electron chi connectivity index (χ3n) is 2.13. The lowest BCUT2D eigenvalue weighted by atomic mass is 10.2. The smallest absolute Gasteiger partial charge is 0.257 e. The van der Waals surface area contributed by atoms with Crippen molar-refractivity contribution in [2.75, 3.05) is 11.1 Å². The second kappa shape index (κ2) is 4.80. The molecule has 17 heavy (non-hydrogen) atoms. The van der Waals surface area contributed by atoms with E-state index in [4.69, 9.17) is 17.3 Å². The minimum atomic E-state index is -0.334. The van der Waals surface area contributed by atoms with Crippen molar-refractivity contribution in [3.05, 3.63) is 47.2 Å². The second-order valence-electron chi connectivity index (χ2n) is 3.29. The molecule has 0 radical (unpaired) electrons. The van der Waals surface area contributed by atoms with Crippen LogP contribution in [-0.4, -0.2) is 16.1 Å². The molecule has 5 nitrogen and oxygen atoms in total. The van der Waals surface area contributed by atoms with Gasteiger partial charge < -0.3 is 11.1 Å². The van der Waals surface area contributed by atoms with Crippen LogP contribution < -0.4 is 11.1 Å². The summed E-state index contributed by atoms with van der Waals surface area (Å²) in [6, 6.07) is 6.57. The van der Waals surface area contributed by atoms with Crippen LogP contribution in [0.1, 0.15) is 10.4 Å². The van der Waals surface area contributed by atoms with E-state index in [0.29, 0.717) is 22.0 Å². The lowest BCUT2D eigenvalue weighted by Crippen LogP contribution is -2.13. The molecule has 0 aliphatic rings. The highest BCUT2D eigenvalue weighted by Gasteiger charge is 2.10. The van der Waals surface area contributed by atoms with Crippen molar-refractivity contribution in [1.29, 1.82) is 0 Å². The minimum Gasteiger partial charge on any atom is -0.397 e. The van der Waals surface area contributed by atoms with Crippen molar-refractivity contribution >= 4 is 28.9 Å². The van der Waals surface area contributed by atoms with Gasteiger partial charge in [-0.15, -0.1) is 0 Å². The average molecular weight is 249 g/mol. The monoisotopic (exact) mass is 248 g/mol. The molecule has 1 amide bonds. The zero-order chi connectivity index (χ0) is 12.3. The van der Waals surface area contributed by atoms with Crippen molar-refractivity contribution in [1.82, 2.24) is 10.2 Å².